The summed E-state index contributed by atoms with van der Waals surface area (Å²) in [7, 11) is 0. The molecule has 3 aromatic heterocycles. The van der Waals surface area contributed by atoms with Crippen molar-refractivity contribution < 1.29 is 0 Å². The van der Waals surface area contributed by atoms with Crippen LogP contribution >= 0.6 is 0 Å². The lowest BCUT2D eigenvalue weighted by atomic mass is 9.96. The number of nitrogens with zero attached hydrogens (tertiary/aromatic N) is 6. The van der Waals surface area contributed by atoms with Gasteiger partial charge in [0.2, 0.25) is 5.95 Å². The molecule has 4 aromatic rings. The van der Waals surface area contributed by atoms with Crippen LogP contribution in [0.5, 0.6) is 0 Å². The van der Waals surface area contributed by atoms with E-state index in [1.807, 2.05) is 13.0 Å². The van der Waals surface area contributed by atoms with Gasteiger partial charge in [0.15, 0.2) is 11.5 Å². The largest absolute Gasteiger partial charge is 0.324 e. The Morgan fingerprint density at radius 3 is 2.76 bits per heavy atom. The minimum atomic E-state index is -0.223. The molecule has 1 aliphatic heterocycles. The number of fused-ring (bicyclic) bond motifs is 2. The van der Waals surface area contributed by atoms with E-state index < -0.39 is 0 Å². The SMILES string of the molecule is CCn1c(=O)c2cnc(Nc3ccc4c(c3)CNCC4)nc2n1-c1ccnc(C(C)(C)C)n1. The molecule has 0 spiro atoms. The van der Waals surface area contributed by atoms with Gasteiger partial charge in [-0.3, -0.25) is 4.79 Å². The third kappa shape index (κ3) is 3.89. The van der Waals surface area contributed by atoms with Crippen molar-refractivity contribution in [1.82, 2.24) is 34.6 Å². The summed E-state index contributed by atoms with van der Waals surface area (Å²) in [6.45, 7) is 10.4. The van der Waals surface area contributed by atoms with E-state index in [0.717, 1.165) is 25.2 Å². The summed E-state index contributed by atoms with van der Waals surface area (Å²) in [5.41, 5.74) is 3.70. The zero-order valence-corrected chi connectivity index (χ0v) is 19.4. The number of hydrogen-bond acceptors (Lipinski definition) is 7. The molecular weight excluding hydrogens is 416 g/mol. The molecule has 0 atom stereocenters. The minimum Gasteiger partial charge on any atom is -0.324 e. The normalized spacial score (nSPS) is 13.8. The van der Waals surface area contributed by atoms with Crippen molar-refractivity contribution in [2.45, 2.75) is 52.6 Å². The highest BCUT2D eigenvalue weighted by molar-refractivity contribution is 5.77. The number of rotatable bonds is 4. The van der Waals surface area contributed by atoms with Gasteiger partial charge in [-0.1, -0.05) is 26.8 Å². The van der Waals surface area contributed by atoms with Crippen LogP contribution in [-0.4, -0.2) is 35.8 Å². The number of nitrogens with one attached hydrogen (secondary N) is 2. The molecule has 0 radical (unpaired) electrons. The van der Waals surface area contributed by atoms with Crippen molar-refractivity contribution in [2.75, 3.05) is 11.9 Å². The summed E-state index contributed by atoms with van der Waals surface area (Å²) in [5, 5.41) is 7.15. The van der Waals surface area contributed by atoms with Crippen LogP contribution in [0.15, 0.2) is 41.5 Å². The third-order valence-electron chi connectivity index (χ3n) is 5.85. The standard InChI is InChI=1S/C24H28N8O/c1-5-31-21(33)18-14-27-23(28-17-7-6-15-8-10-25-13-16(15)12-17)30-20(18)32(31)19-9-11-26-22(29-19)24(2,3)4/h6-7,9,11-12,14,25H,5,8,10,13H2,1-4H3,(H,27,28,30). The van der Waals surface area contributed by atoms with Crippen LogP contribution in [0, 0.1) is 0 Å². The molecular formula is C24H28N8O. The van der Waals surface area contributed by atoms with Crippen molar-refractivity contribution in [1.29, 1.82) is 0 Å². The summed E-state index contributed by atoms with van der Waals surface area (Å²) < 4.78 is 3.39. The van der Waals surface area contributed by atoms with Crippen molar-refractivity contribution in [3.8, 4) is 5.82 Å². The van der Waals surface area contributed by atoms with Crippen LogP contribution in [0.1, 0.15) is 44.6 Å². The Morgan fingerprint density at radius 1 is 1.12 bits per heavy atom. The fourth-order valence-corrected chi connectivity index (χ4v) is 4.12. The summed E-state index contributed by atoms with van der Waals surface area (Å²) in [5.74, 6) is 1.73. The summed E-state index contributed by atoms with van der Waals surface area (Å²) in [4.78, 5) is 31.4. The number of anilines is 2. The van der Waals surface area contributed by atoms with Gasteiger partial charge < -0.3 is 10.6 Å². The van der Waals surface area contributed by atoms with E-state index in [1.54, 1.807) is 27.8 Å². The fourth-order valence-electron chi connectivity index (χ4n) is 4.12. The van der Waals surface area contributed by atoms with Gasteiger partial charge >= 0.3 is 0 Å². The molecule has 1 aromatic carbocycles. The molecule has 0 aliphatic carbocycles. The average molecular weight is 445 g/mol. The molecule has 4 heterocycles. The second-order valence-electron chi connectivity index (χ2n) is 9.29. The molecule has 0 unspecified atom stereocenters. The predicted octanol–water partition coefficient (Wildman–Crippen LogP) is 3.08. The van der Waals surface area contributed by atoms with Gasteiger partial charge in [-0.15, -0.1) is 0 Å². The zero-order chi connectivity index (χ0) is 23.2. The number of benzene rings is 1. The van der Waals surface area contributed by atoms with Crippen molar-refractivity contribution in [2.24, 2.45) is 0 Å². The second-order valence-corrected chi connectivity index (χ2v) is 9.29. The quantitative estimate of drug-likeness (QED) is 0.499. The van der Waals surface area contributed by atoms with E-state index >= 15 is 0 Å². The molecule has 0 saturated heterocycles. The fraction of sp³-hybridized carbons (Fsp3) is 0.375. The van der Waals surface area contributed by atoms with Gasteiger partial charge in [0.05, 0.1) is 0 Å². The molecule has 0 bridgehead atoms. The highest BCUT2D eigenvalue weighted by Crippen LogP contribution is 2.23. The van der Waals surface area contributed by atoms with Gasteiger partial charge in [-0.2, -0.15) is 4.98 Å². The zero-order valence-electron chi connectivity index (χ0n) is 19.4. The Bertz CT molecular complexity index is 1400. The van der Waals surface area contributed by atoms with Crippen LogP contribution in [0.2, 0.25) is 0 Å². The molecule has 9 heteroatoms. The molecule has 5 rings (SSSR count). The van der Waals surface area contributed by atoms with Gasteiger partial charge in [0, 0.05) is 42.7 Å². The molecule has 1 aliphatic rings. The molecule has 2 N–H and O–H groups in total. The van der Waals surface area contributed by atoms with Crippen molar-refractivity contribution in [3.05, 3.63) is 64.0 Å². The smallest absolute Gasteiger partial charge is 0.278 e. The number of hydrogen-bond donors (Lipinski definition) is 2. The van der Waals surface area contributed by atoms with Crippen LogP contribution in [-0.2, 0) is 24.9 Å². The summed E-state index contributed by atoms with van der Waals surface area (Å²) >= 11 is 0. The molecule has 33 heavy (non-hydrogen) atoms. The van der Waals surface area contributed by atoms with E-state index in [1.165, 1.54) is 11.1 Å². The van der Waals surface area contributed by atoms with Crippen LogP contribution < -0.4 is 16.2 Å². The Kier molecular flexibility index (Phi) is 5.20. The average Bonchev–Trinajstić information content (AvgIpc) is 3.09. The molecule has 0 fully saturated rings. The summed E-state index contributed by atoms with van der Waals surface area (Å²) in [6.07, 6.45) is 4.34. The van der Waals surface area contributed by atoms with Crippen LogP contribution in [0.3, 0.4) is 0 Å². The van der Waals surface area contributed by atoms with Gasteiger partial charge in [0.25, 0.3) is 5.56 Å². The number of aromatic nitrogens is 6. The van der Waals surface area contributed by atoms with E-state index in [-0.39, 0.29) is 11.0 Å². The third-order valence-corrected chi connectivity index (χ3v) is 5.85. The van der Waals surface area contributed by atoms with Crippen molar-refractivity contribution in [3.63, 3.8) is 0 Å². The maximum Gasteiger partial charge on any atom is 0.278 e. The topological polar surface area (TPSA) is 103 Å². The maximum absolute atomic E-state index is 13.1. The lowest BCUT2D eigenvalue weighted by Gasteiger charge is -2.18. The molecule has 9 nitrogen and oxygen atoms in total. The molecule has 0 amide bonds. The minimum absolute atomic E-state index is 0.144. The highest BCUT2D eigenvalue weighted by atomic mass is 16.1. The Balaban J connectivity index is 1.60. The monoisotopic (exact) mass is 444 g/mol. The first-order chi connectivity index (χ1) is 15.8. The first kappa shape index (κ1) is 21.3. The van der Waals surface area contributed by atoms with Gasteiger partial charge in [-0.25, -0.2) is 24.3 Å². The predicted molar refractivity (Wildman–Crippen MR) is 128 cm³/mol. The molecule has 0 saturated carbocycles. The van der Waals surface area contributed by atoms with Gasteiger partial charge in [0.1, 0.15) is 11.2 Å². The van der Waals surface area contributed by atoms with Crippen LogP contribution in [0.4, 0.5) is 11.6 Å². The second kappa shape index (κ2) is 8.08. The molecule has 170 valence electrons. The lowest BCUT2D eigenvalue weighted by molar-refractivity contribution is 0.528. The Labute approximate surface area is 191 Å². The van der Waals surface area contributed by atoms with E-state index in [9.17, 15) is 4.79 Å². The first-order valence-corrected chi connectivity index (χ1v) is 11.3. The van der Waals surface area contributed by atoms with E-state index in [2.05, 4.69) is 53.5 Å². The van der Waals surface area contributed by atoms with Crippen LogP contribution in [0.25, 0.3) is 16.9 Å². The lowest BCUT2D eigenvalue weighted by Crippen LogP contribution is -2.23. The maximum atomic E-state index is 13.1. The summed E-state index contributed by atoms with van der Waals surface area (Å²) in [6, 6.07) is 8.11. The highest BCUT2D eigenvalue weighted by Gasteiger charge is 2.21. The first-order valence-electron chi connectivity index (χ1n) is 11.3. The van der Waals surface area contributed by atoms with E-state index in [0.29, 0.717) is 35.2 Å². The Hall–Kier alpha value is -3.59. The van der Waals surface area contributed by atoms with E-state index in [4.69, 9.17) is 9.97 Å². The van der Waals surface area contributed by atoms with Gasteiger partial charge in [-0.05, 0) is 43.1 Å². The van der Waals surface area contributed by atoms with Crippen molar-refractivity contribution >= 4 is 22.7 Å². The Morgan fingerprint density at radius 2 is 1.97 bits per heavy atom.